The van der Waals surface area contributed by atoms with Crippen molar-refractivity contribution in [2.75, 3.05) is 120 Å². The highest BCUT2D eigenvalue weighted by Gasteiger charge is 2.50. The topological polar surface area (TPSA) is 344 Å². The Morgan fingerprint density at radius 2 is 1.01 bits per heavy atom. The number of aryl methyl sites for hydroxylation is 2. The summed E-state index contributed by atoms with van der Waals surface area (Å²) in [6, 6.07) is 20.6. The lowest BCUT2D eigenvalue weighted by molar-refractivity contribution is -0.147. The molecule has 31 nitrogen and oxygen atoms in total. The normalized spacial score (nSPS) is 20.0. The number of nitrogens with one attached hydrogen (secondary N) is 1. The molecule has 136 heavy (non-hydrogen) atoms. The molecule has 9 aromatic rings. The number of ether oxygens (including phenoxy) is 7. The van der Waals surface area contributed by atoms with Gasteiger partial charge in [0.1, 0.15) is 59.2 Å². The van der Waals surface area contributed by atoms with Crippen molar-refractivity contribution in [2.24, 2.45) is 20.0 Å². The molecule has 0 bridgehead atoms. The van der Waals surface area contributed by atoms with Crippen LogP contribution in [0.1, 0.15) is 109 Å². The predicted octanol–water partition coefficient (Wildman–Crippen LogP) is 14.7. The molecular weight excluding hydrogens is 2080 g/mol. The third-order valence-corrected chi connectivity index (χ3v) is 29.5. The summed E-state index contributed by atoms with van der Waals surface area (Å²) in [6.45, 7) is 15.8. The van der Waals surface area contributed by atoms with E-state index in [0.717, 1.165) is 56.5 Å². The van der Waals surface area contributed by atoms with Crippen molar-refractivity contribution in [2.45, 2.75) is 89.9 Å². The standard InChI is InChI=1S/C30H30BrFN4O5S.C22H22BrFN4O3S.C20H17BrFN5O2S.C20H20ClFN4O4S2/c1-5-41-30(38)25-23-15-35(14-18-6-9-20(39-3)10-7-18)16-24(29(37)40-4)36(23)27(28-33-13-17(2)42-28)34-26(25)21-11-8-19(32)12-22(21)31;1-2-31-22(29)18-17-10-27(14-11-30-12-14)6-7-28(17)20(21-25-5-8-32-21)26-19(18)15-4-3-13(24)9-16(15)23;1-2-29-20(28)16-15-10-26(11-23)6-7-27(15)18(19-24-5-8-30-19)25-17(16)13-4-3-12(22)9-14(13)21;1-10-8-23-19(31-10)18-24-17(13-5-4-11(22)6-14(13)21)16(20(27)30-2)15-7-12(9-26(15)18)25-32(3,28)29/h6-13,24,26H,5,14-16H2,1-4H3;3-5,8-9,14,19H,2,6-7,10-12H2,1H3;3-5,8-9,17H,2,6-7,10H2,1H3;4-6,8,12,17,25H,7,9H2,1-3H3/t24-,26+;19-;17-;12-,17+/m1000/s1. The molecular formula is C92H89Br3ClF4N17O14S5. The van der Waals surface area contributed by atoms with Gasteiger partial charge in [0.25, 0.3) is 0 Å². The van der Waals surface area contributed by atoms with E-state index in [2.05, 4.69) is 93.3 Å². The van der Waals surface area contributed by atoms with Gasteiger partial charge in [0.2, 0.25) is 10.0 Å². The Hall–Kier alpha value is -10.9. The number of hydrogen-bond acceptors (Lipinski definition) is 34. The molecule has 0 aliphatic carbocycles. The largest absolute Gasteiger partial charge is 0.497 e. The van der Waals surface area contributed by atoms with E-state index < -0.39 is 93.6 Å². The van der Waals surface area contributed by atoms with E-state index in [9.17, 15) is 55.2 Å². The van der Waals surface area contributed by atoms with Crippen molar-refractivity contribution in [3.63, 3.8) is 0 Å². The SMILES string of the molecule is CCOC(=O)C1=C2CN(C#N)CCN2C(c2nccs2)=N[C@H]1c1ccc(F)cc1Br.CCOC(=O)C1=C2CN(C3COC3)CCN2C(c2nccs2)=N[C@H]1c1ccc(F)cc1Br.CCOC(=O)C1=C2CN(Cc3ccc(OC)cc3)C[C@H](C(=O)OC)N2C(c2ncc(C)s2)=N[C@H]1c1ccc(F)cc1Br.COC(=O)C1=C2C[C@H](NS(C)(=O)=O)CN2C(c2ncc(C)s2)=N[C@@H]1c1ccc(F)cc1Cl. The molecule has 0 saturated carbocycles. The Morgan fingerprint density at radius 1 is 0.551 bits per heavy atom. The number of esters is 5. The van der Waals surface area contributed by atoms with Crippen LogP contribution in [0.3, 0.4) is 0 Å². The van der Waals surface area contributed by atoms with E-state index in [1.165, 1.54) is 108 Å². The lowest BCUT2D eigenvalue weighted by Crippen LogP contribution is -2.59. The third kappa shape index (κ3) is 22.0. The first-order chi connectivity index (χ1) is 65.4. The molecule has 9 aliphatic rings. The zero-order valence-electron chi connectivity index (χ0n) is 74.5. The molecule has 5 fully saturated rings. The number of nitriles is 1. The number of aromatic nitrogens is 4. The molecule has 0 radical (unpaired) electrons. The fourth-order valence-corrected chi connectivity index (χ4v) is 22.5. The van der Waals surface area contributed by atoms with Crippen LogP contribution >= 0.6 is 105 Å². The molecule has 0 spiro atoms. The highest BCUT2D eigenvalue weighted by molar-refractivity contribution is 9.11. The summed E-state index contributed by atoms with van der Waals surface area (Å²) < 4.78 is 121. The minimum absolute atomic E-state index is 0.118. The fourth-order valence-electron chi connectivity index (χ4n) is 16.9. The highest BCUT2D eigenvalue weighted by atomic mass is 79.9. The molecule has 0 unspecified atom stereocenters. The van der Waals surface area contributed by atoms with Crippen LogP contribution in [-0.4, -0.2) is 253 Å². The molecule has 4 aromatic heterocycles. The Morgan fingerprint density at radius 3 is 1.45 bits per heavy atom. The van der Waals surface area contributed by atoms with Gasteiger partial charge in [-0.2, -0.15) is 5.26 Å². The zero-order valence-corrected chi connectivity index (χ0v) is 84.1. The lowest BCUT2D eigenvalue weighted by atomic mass is 9.92. The molecule has 5 aromatic carbocycles. The second-order valence-corrected chi connectivity index (χ2v) is 40.7. The molecule has 712 valence electrons. The number of aliphatic imine (C=N–C) groups is 4. The van der Waals surface area contributed by atoms with E-state index >= 15 is 0 Å². The summed E-state index contributed by atoms with van der Waals surface area (Å²) in [6.07, 6.45) is 10.4. The minimum atomic E-state index is -3.48. The first-order valence-electron chi connectivity index (χ1n) is 42.7. The van der Waals surface area contributed by atoms with E-state index in [1.54, 1.807) is 85.6 Å². The number of benzene rings is 5. The second-order valence-electron chi connectivity index (χ2n) is 31.7. The third-order valence-electron chi connectivity index (χ3n) is 23.0. The van der Waals surface area contributed by atoms with E-state index in [0.29, 0.717) is 162 Å². The number of fused-ring (bicyclic) bond motifs is 4. The van der Waals surface area contributed by atoms with Crippen LogP contribution in [0.25, 0.3) is 0 Å². The van der Waals surface area contributed by atoms with Crippen molar-refractivity contribution >= 4 is 168 Å². The molecule has 6 atom stereocenters. The molecule has 0 amide bonds. The Balaban J connectivity index is 0.000000139. The van der Waals surface area contributed by atoms with Crippen molar-refractivity contribution in [3.8, 4) is 11.9 Å². The van der Waals surface area contributed by atoms with Crippen LogP contribution in [0.15, 0.2) is 211 Å². The minimum Gasteiger partial charge on any atom is -0.497 e. The number of carbonyl (C=O) groups excluding carboxylic acids is 5. The first kappa shape index (κ1) is 99.6. The summed E-state index contributed by atoms with van der Waals surface area (Å²) in [5.74, 6) is -1.22. The highest BCUT2D eigenvalue weighted by Crippen LogP contribution is 2.48. The predicted molar refractivity (Wildman–Crippen MR) is 515 cm³/mol. The maximum Gasteiger partial charge on any atom is 0.338 e. The number of piperazine rings is 3. The van der Waals surface area contributed by atoms with E-state index in [4.69, 9.17) is 64.7 Å². The Kier molecular flexibility index (Phi) is 32.1. The van der Waals surface area contributed by atoms with Gasteiger partial charge in [-0.25, -0.2) is 74.6 Å². The van der Waals surface area contributed by atoms with Crippen LogP contribution in [0.2, 0.25) is 5.02 Å². The monoisotopic (exact) mass is 2160 g/mol. The van der Waals surface area contributed by atoms with Crippen LogP contribution in [-0.2, 0) is 69.0 Å². The maximum atomic E-state index is 14.1. The van der Waals surface area contributed by atoms with E-state index in [1.807, 2.05) is 53.8 Å². The Bertz CT molecular complexity index is 6510. The molecule has 13 heterocycles. The molecule has 44 heteroatoms. The number of nitrogens with zero attached hydrogens (tertiary/aromatic N) is 16. The summed E-state index contributed by atoms with van der Waals surface area (Å²) in [7, 11) is 0.730. The molecule has 9 aliphatic heterocycles. The number of sulfonamides is 1. The summed E-state index contributed by atoms with van der Waals surface area (Å²) >= 11 is 22.5. The smallest absolute Gasteiger partial charge is 0.338 e. The van der Waals surface area contributed by atoms with Gasteiger partial charge in [-0.1, -0.05) is 95.8 Å². The van der Waals surface area contributed by atoms with Gasteiger partial charge in [0, 0.05) is 158 Å². The summed E-state index contributed by atoms with van der Waals surface area (Å²) in [5, 5.41) is 16.0. The summed E-state index contributed by atoms with van der Waals surface area (Å²) in [4.78, 5) is 119. The number of rotatable bonds is 22. The van der Waals surface area contributed by atoms with Crippen molar-refractivity contribution in [1.82, 2.24) is 59.0 Å². The van der Waals surface area contributed by atoms with Gasteiger partial charge in [-0.3, -0.25) is 29.8 Å². The second kappa shape index (κ2) is 43.9. The zero-order chi connectivity index (χ0) is 96.7. The van der Waals surface area contributed by atoms with Gasteiger partial charge in [-0.15, -0.1) is 45.3 Å². The maximum absolute atomic E-state index is 14.1. The average Bonchev–Trinajstić information content (AvgIpc) is 1.47. The quantitative estimate of drug-likeness (QED) is 0.0285. The van der Waals surface area contributed by atoms with Gasteiger partial charge in [0.15, 0.2) is 49.6 Å². The number of carbonyl (C=O) groups is 5. The van der Waals surface area contributed by atoms with Crippen LogP contribution in [0.4, 0.5) is 17.6 Å². The number of amidine groups is 4. The Labute approximate surface area is 827 Å². The number of methoxy groups -OCH3 is 3. The molecule has 18 rings (SSSR count). The number of hydrogen-bond donors (Lipinski definition) is 1. The average molecular weight is 2170 g/mol. The van der Waals surface area contributed by atoms with Gasteiger partial charge >= 0.3 is 29.8 Å². The van der Waals surface area contributed by atoms with Gasteiger partial charge in [-0.05, 0) is 118 Å². The summed E-state index contributed by atoms with van der Waals surface area (Å²) in [5.41, 5.74) is 7.36. The lowest BCUT2D eigenvalue weighted by Gasteiger charge is -2.46. The van der Waals surface area contributed by atoms with Crippen molar-refractivity contribution < 1.29 is 83.1 Å². The van der Waals surface area contributed by atoms with Crippen LogP contribution in [0, 0.1) is 48.6 Å². The van der Waals surface area contributed by atoms with Crippen molar-refractivity contribution in [3.05, 3.63) is 277 Å². The number of thiazole rings is 4. The van der Waals surface area contributed by atoms with E-state index in [-0.39, 0.29) is 61.3 Å². The molecule has 5 saturated heterocycles. The van der Waals surface area contributed by atoms with Crippen LogP contribution in [0.5, 0.6) is 5.75 Å². The van der Waals surface area contributed by atoms with Gasteiger partial charge < -0.3 is 57.7 Å². The number of halogens is 8. The van der Waals surface area contributed by atoms with Gasteiger partial charge in [0.05, 0.1) is 101 Å². The van der Waals surface area contributed by atoms with Crippen molar-refractivity contribution in [1.29, 1.82) is 5.26 Å². The first-order valence-corrected chi connectivity index (χ1v) is 50.7. The van der Waals surface area contributed by atoms with Crippen LogP contribution < -0.4 is 9.46 Å². The fraction of sp³-hybridized carbons (Fsp3) is 0.348. The molecule has 1 N–H and O–H groups in total.